The average Bonchev–Trinajstić information content (AvgIpc) is 3.20. The van der Waals surface area contributed by atoms with E-state index in [1.165, 1.54) is 49.6 Å². The minimum atomic E-state index is -3.97. The minimum absolute atomic E-state index is 0.0485. The van der Waals surface area contributed by atoms with Crippen LogP contribution in [0.15, 0.2) is 29.3 Å². The normalized spacial score (nSPS) is 24.1. The van der Waals surface area contributed by atoms with Crippen molar-refractivity contribution in [3.63, 3.8) is 0 Å². The third-order valence-corrected chi connectivity index (χ3v) is 9.03. The lowest BCUT2D eigenvalue weighted by molar-refractivity contribution is -0.152. The van der Waals surface area contributed by atoms with Crippen LogP contribution in [-0.4, -0.2) is 62.3 Å². The monoisotopic (exact) mass is 477 g/mol. The molecule has 2 amide bonds. The van der Waals surface area contributed by atoms with E-state index >= 15 is 0 Å². The van der Waals surface area contributed by atoms with Gasteiger partial charge in [-0.25, -0.2) is 18.2 Å². The fraction of sp³-hybridized carbons (Fsp3) is 0.316. The number of rotatable bonds is 5. The highest BCUT2D eigenvalue weighted by atomic mass is 32.2. The van der Waals surface area contributed by atoms with E-state index in [4.69, 9.17) is 5.73 Å². The van der Waals surface area contributed by atoms with Gasteiger partial charge in [-0.3, -0.25) is 14.6 Å². The van der Waals surface area contributed by atoms with Gasteiger partial charge in [0.05, 0.1) is 29.1 Å². The van der Waals surface area contributed by atoms with Crippen LogP contribution in [0.1, 0.15) is 35.6 Å². The maximum Gasteiger partial charge on any atom is 0.328 e. The van der Waals surface area contributed by atoms with E-state index in [0.29, 0.717) is 10.8 Å². The smallest absolute Gasteiger partial charge is 0.328 e. The van der Waals surface area contributed by atoms with Crippen LogP contribution in [0.25, 0.3) is 6.08 Å². The van der Waals surface area contributed by atoms with Gasteiger partial charge in [0.1, 0.15) is 4.75 Å². The molecule has 2 aromatic rings. The van der Waals surface area contributed by atoms with Crippen LogP contribution in [-0.2, 0) is 26.0 Å². The number of nitrogen functional groups attached to an aromatic ring is 1. The number of thiazole rings is 1. The Balaban J connectivity index is 1.52. The van der Waals surface area contributed by atoms with E-state index in [-0.39, 0.29) is 23.4 Å². The Morgan fingerprint density at radius 1 is 1.38 bits per heavy atom. The summed E-state index contributed by atoms with van der Waals surface area (Å²) in [5, 5.41) is 12.9. The van der Waals surface area contributed by atoms with E-state index in [1.54, 1.807) is 5.38 Å². The lowest BCUT2D eigenvalue weighted by atomic mass is 9.95. The van der Waals surface area contributed by atoms with Crippen molar-refractivity contribution in [1.82, 2.24) is 20.2 Å². The van der Waals surface area contributed by atoms with Crippen LogP contribution >= 0.6 is 11.3 Å². The number of carbonyl (C=O) groups excluding carboxylic acids is 2. The minimum Gasteiger partial charge on any atom is -0.480 e. The number of carbonyl (C=O) groups is 3. The summed E-state index contributed by atoms with van der Waals surface area (Å²) in [6, 6.07) is 1.49. The molecule has 0 spiro atoms. The molecule has 0 unspecified atom stereocenters. The molecule has 2 aliphatic heterocycles. The van der Waals surface area contributed by atoms with Crippen LogP contribution in [0.3, 0.4) is 0 Å². The summed E-state index contributed by atoms with van der Waals surface area (Å²) < 4.78 is 24.1. The first-order valence-corrected chi connectivity index (χ1v) is 11.8. The SMILES string of the molecule is CC1(C)[C@H](C(=O)O)N2C(=O)/C(=C/c3ccc(C(=O)NCc4csc(N)n4)cn3)[C@H]2S1(=O)=O. The summed E-state index contributed by atoms with van der Waals surface area (Å²) >= 11 is 1.27. The maximum absolute atomic E-state index is 12.9. The fourth-order valence-electron chi connectivity index (χ4n) is 3.80. The molecule has 13 heteroatoms. The molecule has 4 N–H and O–H groups in total. The van der Waals surface area contributed by atoms with Gasteiger partial charge < -0.3 is 21.1 Å². The zero-order valence-electron chi connectivity index (χ0n) is 17.0. The van der Waals surface area contributed by atoms with Crippen LogP contribution in [0.2, 0.25) is 0 Å². The molecule has 4 rings (SSSR count). The molecule has 0 aliphatic carbocycles. The molecule has 2 aromatic heterocycles. The summed E-state index contributed by atoms with van der Waals surface area (Å²) in [6.45, 7) is 2.80. The molecular weight excluding hydrogens is 458 g/mol. The first-order chi connectivity index (χ1) is 14.9. The summed E-state index contributed by atoms with van der Waals surface area (Å²) in [5.74, 6) is -2.43. The van der Waals surface area contributed by atoms with E-state index in [0.717, 1.165) is 4.90 Å². The number of amides is 2. The van der Waals surface area contributed by atoms with Gasteiger partial charge in [0.15, 0.2) is 26.4 Å². The number of nitrogens with two attached hydrogens (primary N) is 1. The van der Waals surface area contributed by atoms with Gasteiger partial charge in [0.2, 0.25) is 0 Å². The Hall–Kier alpha value is -3.32. The van der Waals surface area contributed by atoms with Crippen molar-refractivity contribution in [2.75, 3.05) is 5.73 Å². The van der Waals surface area contributed by atoms with Crippen LogP contribution in [0, 0.1) is 0 Å². The van der Waals surface area contributed by atoms with E-state index in [9.17, 15) is 27.9 Å². The van der Waals surface area contributed by atoms with E-state index in [2.05, 4.69) is 15.3 Å². The highest BCUT2D eigenvalue weighted by Gasteiger charge is 2.70. The van der Waals surface area contributed by atoms with Crippen molar-refractivity contribution in [3.05, 3.63) is 46.2 Å². The van der Waals surface area contributed by atoms with Crippen molar-refractivity contribution < 1.29 is 27.9 Å². The number of nitrogens with one attached hydrogen (secondary N) is 1. The number of carboxylic acid groups (broad SMARTS) is 1. The Labute approximate surface area is 186 Å². The highest BCUT2D eigenvalue weighted by Crippen LogP contribution is 2.48. The topological polar surface area (TPSA) is 173 Å². The number of sulfone groups is 1. The lowest BCUT2D eigenvalue weighted by Gasteiger charge is -2.37. The number of hydrogen-bond donors (Lipinski definition) is 3. The van der Waals surface area contributed by atoms with Gasteiger partial charge in [0.25, 0.3) is 11.8 Å². The van der Waals surface area contributed by atoms with Gasteiger partial charge in [0, 0.05) is 11.6 Å². The second-order valence-corrected chi connectivity index (χ2v) is 11.4. The van der Waals surface area contributed by atoms with Gasteiger partial charge >= 0.3 is 5.97 Å². The number of carboxylic acids is 1. The zero-order valence-corrected chi connectivity index (χ0v) is 18.6. The summed E-state index contributed by atoms with van der Waals surface area (Å²) in [4.78, 5) is 45.5. The molecule has 2 fully saturated rings. The first kappa shape index (κ1) is 21.9. The number of β-lactam (4-membered cyclic amide) rings is 1. The predicted octanol–water partition coefficient (Wildman–Crippen LogP) is 0.262. The van der Waals surface area contributed by atoms with Gasteiger partial charge in [-0.1, -0.05) is 0 Å². The molecule has 11 nitrogen and oxygen atoms in total. The summed E-state index contributed by atoms with van der Waals surface area (Å²) in [6.07, 6.45) is 2.60. The summed E-state index contributed by atoms with van der Waals surface area (Å²) in [7, 11) is -3.97. The number of aromatic nitrogens is 2. The Morgan fingerprint density at radius 3 is 2.66 bits per heavy atom. The molecule has 4 heterocycles. The molecule has 0 radical (unpaired) electrons. The summed E-state index contributed by atoms with van der Waals surface area (Å²) in [5.41, 5.74) is 6.66. The number of fused-ring (bicyclic) bond motifs is 1. The van der Waals surface area contributed by atoms with Crippen LogP contribution < -0.4 is 11.1 Å². The number of anilines is 1. The largest absolute Gasteiger partial charge is 0.480 e. The number of aliphatic carboxylic acids is 1. The molecule has 0 saturated carbocycles. The van der Waals surface area contributed by atoms with Gasteiger partial charge in [-0.2, -0.15) is 0 Å². The Bertz CT molecular complexity index is 1270. The molecule has 2 atom stereocenters. The van der Waals surface area contributed by atoms with E-state index < -0.39 is 43.8 Å². The lowest BCUT2D eigenvalue weighted by Crippen LogP contribution is -2.58. The molecule has 2 aliphatic rings. The molecule has 32 heavy (non-hydrogen) atoms. The molecule has 168 valence electrons. The average molecular weight is 478 g/mol. The van der Waals surface area contributed by atoms with Crippen molar-refractivity contribution in [1.29, 1.82) is 0 Å². The predicted molar refractivity (Wildman–Crippen MR) is 115 cm³/mol. The third kappa shape index (κ3) is 3.24. The fourth-order valence-corrected chi connectivity index (χ4v) is 6.49. The first-order valence-electron chi connectivity index (χ1n) is 9.40. The number of hydrogen-bond acceptors (Lipinski definition) is 9. The van der Waals surface area contributed by atoms with E-state index in [1.807, 2.05) is 0 Å². The molecule has 2 saturated heterocycles. The van der Waals surface area contributed by atoms with Crippen LogP contribution in [0.5, 0.6) is 0 Å². The van der Waals surface area contributed by atoms with Crippen molar-refractivity contribution in [2.45, 2.75) is 36.6 Å². The molecule has 0 bridgehead atoms. The Morgan fingerprint density at radius 2 is 2.09 bits per heavy atom. The standard InChI is InChI=1S/C19H19N5O6S2/c1-19(2)13(17(27)28)24-15(26)12(16(24)32(19,29)30)5-10-4-3-9(6-21-10)14(25)22-7-11-8-31-18(20)23-11/h3-6,8,13,16H,7H2,1-2H3,(H2,20,23)(H,22,25)(H,27,28)/b12-5-/t13-,16+/m0/s1. The van der Waals surface area contributed by atoms with Gasteiger partial charge in [-0.15, -0.1) is 11.3 Å². The second kappa shape index (κ2) is 7.38. The molecule has 0 aromatic carbocycles. The van der Waals surface area contributed by atoms with Gasteiger partial charge in [-0.05, 0) is 32.1 Å². The quantitative estimate of drug-likeness (QED) is 0.403. The zero-order chi connectivity index (χ0) is 23.4. The second-order valence-electron chi connectivity index (χ2n) is 7.89. The number of pyridine rings is 1. The highest BCUT2D eigenvalue weighted by molar-refractivity contribution is 7.94. The molecular formula is C19H19N5O6S2. The third-order valence-electron chi connectivity index (χ3n) is 5.55. The maximum atomic E-state index is 12.9. The van der Waals surface area contributed by atoms with Crippen molar-refractivity contribution >= 4 is 50.2 Å². The van der Waals surface area contributed by atoms with Crippen LogP contribution in [0.4, 0.5) is 5.13 Å². The van der Waals surface area contributed by atoms with Crippen molar-refractivity contribution in [3.8, 4) is 0 Å². The van der Waals surface area contributed by atoms with Crippen molar-refractivity contribution in [2.24, 2.45) is 0 Å². The number of nitrogens with zero attached hydrogens (tertiary/aromatic N) is 3. The Kier molecular flexibility index (Phi) is 5.05.